The summed E-state index contributed by atoms with van der Waals surface area (Å²) in [5, 5.41) is 0. The lowest BCUT2D eigenvalue weighted by molar-refractivity contribution is 0.297. The van der Waals surface area contributed by atoms with Gasteiger partial charge in [0.25, 0.3) is 5.88 Å². The van der Waals surface area contributed by atoms with Crippen LogP contribution in [0.4, 0.5) is 0 Å². The molecule has 112 valence electrons. The Morgan fingerprint density at radius 2 is 1.90 bits per heavy atom. The molecule has 0 unspecified atom stereocenters. The minimum Gasteiger partial charge on any atom is -0.488 e. The number of pyridine rings is 1. The molecule has 1 heterocycles. The van der Waals surface area contributed by atoms with Crippen molar-refractivity contribution in [1.82, 2.24) is 4.98 Å². The molecule has 0 aliphatic carbocycles. The molecule has 4 nitrogen and oxygen atoms in total. The summed E-state index contributed by atoms with van der Waals surface area (Å²) >= 11 is 0. The van der Waals surface area contributed by atoms with Crippen LogP contribution in [-0.4, -0.2) is 11.6 Å². The number of ether oxygens (including phenoxy) is 2. The van der Waals surface area contributed by atoms with Crippen LogP contribution in [0.15, 0.2) is 30.5 Å². The molecular formula is C17H22N2O2. The van der Waals surface area contributed by atoms with Crippen molar-refractivity contribution in [1.29, 1.82) is 0 Å². The highest BCUT2D eigenvalue weighted by atomic mass is 16.5. The molecular weight excluding hydrogens is 264 g/mol. The van der Waals surface area contributed by atoms with Gasteiger partial charge in [-0.3, -0.25) is 0 Å². The Morgan fingerprint density at radius 1 is 1.19 bits per heavy atom. The summed E-state index contributed by atoms with van der Waals surface area (Å²) in [5.74, 6) is 1.98. The zero-order valence-electron chi connectivity index (χ0n) is 12.8. The minimum atomic E-state index is 0.498. The van der Waals surface area contributed by atoms with E-state index in [1.54, 1.807) is 6.20 Å². The lowest BCUT2D eigenvalue weighted by Gasteiger charge is -2.15. The third-order valence-corrected chi connectivity index (χ3v) is 3.15. The van der Waals surface area contributed by atoms with Crippen LogP contribution in [0.1, 0.15) is 30.0 Å². The van der Waals surface area contributed by atoms with Crippen LogP contribution in [-0.2, 0) is 6.54 Å². The largest absolute Gasteiger partial charge is 0.488 e. The summed E-state index contributed by atoms with van der Waals surface area (Å²) in [4.78, 5) is 4.28. The standard InChI is InChI=1S/C17H22N2O2/c1-4-8-20-15-6-5-7-19-17(15)21-16-12(2)9-14(11-18)10-13(16)3/h5-7,9-10H,4,8,11,18H2,1-3H3. The fourth-order valence-electron chi connectivity index (χ4n) is 2.19. The van der Waals surface area contributed by atoms with E-state index in [0.717, 1.165) is 28.9 Å². The maximum absolute atomic E-state index is 5.99. The van der Waals surface area contributed by atoms with Crippen molar-refractivity contribution in [3.63, 3.8) is 0 Å². The molecule has 2 rings (SSSR count). The van der Waals surface area contributed by atoms with Crippen molar-refractivity contribution in [2.75, 3.05) is 6.61 Å². The fraction of sp³-hybridized carbons (Fsp3) is 0.353. The Balaban J connectivity index is 2.30. The smallest absolute Gasteiger partial charge is 0.262 e. The zero-order valence-corrected chi connectivity index (χ0v) is 12.8. The van der Waals surface area contributed by atoms with E-state index in [-0.39, 0.29) is 0 Å². The molecule has 0 aliphatic heterocycles. The van der Waals surface area contributed by atoms with Gasteiger partial charge in [-0.05, 0) is 49.1 Å². The van der Waals surface area contributed by atoms with Gasteiger partial charge in [0.15, 0.2) is 5.75 Å². The van der Waals surface area contributed by atoms with Crippen molar-refractivity contribution in [3.05, 3.63) is 47.2 Å². The number of nitrogens with zero attached hydrogens (tertiary/aromatic N) is 1. The molecule has 0 fully saturated rings. The lowest BCUT2D eigenvalue weighted by atomic mass is 10.1. The molecule has 0 atom stereocenters. The van der Waals surface area contributed by atoms with Gasteiger partial charge in [0.2, 0.25) is 0 Å². The molecule has 1 aromatic heterocycles. The fourth-order valence-corrected chi connectivity index (χ4v) is 2.19. The molecule has 0 amide bonds. The van der Waals surface area contributed by atoms with Crippen molar-refractivity contribution in [2.24, 2.45) is 5.73 Å². The Kier molecular flexibility index (Phi) is 5.17. The Hall–Kier alpha value is -2.07. The lowest BCUT2D eigenvalue weighted by Crippen LogP contribution is -2.02. The van der Waals surface area contributed by atoms with E-state index in [1.807, 2.05) is 38.1 Å². The molecule has 4 heteroatoms. The average molecular weight is 286 g/mol. The summed E-state index contributed by atoms with van der Waals surface area (Å²) < 4.78 is 11.7. The van der Waals surface area contributed by atoms with E-state index in [2.05, 4.69) is 11.9 Å². The van der Waals surface area contributed by atoms with Gasteiger partial charge in [0, 0.05) is 12.7 Å². The number of rotatable bonds is 6. The van der Waals surface area contributed by atoms with Crippen molar-refractivity contribution in [3.8, 4) is 17.4 Å². The maximum atomic E-state index is 5.99. The van der Waals surface area contributed by atoms with Gasteiger partial charge in [-0.25, -0.2) is 4.98 Å². The summed E-state index contributed by atoms with van der Waals surface area (Å²) in [7, 11) is 0. The molecule has 1 aromatic carbocycles. The van der Waals surface area contributed by atoms with Crippen molar-refractivity contribution in [2.45, 2.75) is 33.7 Å². The van der Waals surface area contributed by atoms with Crippen LogP contribution < -0.4 is 15.2 Å². The van der Waals surface area contributed by atoms with E-state index in [1.165, 1.54) is 0 Å². The molecule has 2 N–H and O–H groups in total. The average Bonchev–Trinajstić information content (AvgIpc) is 2.49. The second-order valence-electron chi connectivity index (χ2n) is 5.02. The van der Waals surface area contributed by atoms with Gasteiger partial charge < -0.3 is 15.2 Å². The first kappa shape index (κ1) is 15.3. The van der Waals surface area contributed by atoms with Crippen LogP contribution in [0.3, 0.4) is 0 Å². The molecule has 21 heavy (non-hydrogen) atoms. The summed E-state index contributed by atoms with van der Waals surface area (Å²) in [6.07, 6.45) is 2.64. The zero-order chi connectivity index (χ0) is 15.2. The highest BCUT2D eigenvalue weighted by Crippen LogP contribution is 2.33. The number of aromatic nitrogens is 1. The minimum absolute atomic E-state index is 0.498. The van der Waals surface area contributed by atoms with Crippen LogP contribution in [0, 0.1) is 13.8 Å². The van der Waals surface area contributed by atoms with E-state index < -0.39 is 0 Å². The molecule has 0 aliphatic rings. The van der Waals surface area contributed by atoms with E-state index >= 15 is 0 Å². The monoisotopic (exact) mass is 286 g/mol. The Morgan fingerprint density at radius 3 is 2.52 bits per heavy atom. The number of nitrogens with two attached hydrogens (primary N) is 1. The van der Waals surface area contributed by atoms with Gasteiger partial charge in [-0.2, -0.15) is 0 Å². The first-order chi connectivity index (χ1) is 10.2. The second kappa shape index (κ2) is 7.09. The maximum Gasteiger partial charge on any atom is 0.262 e. The van der Waals surface area contributed by atoms with E-state index in [9.17, 15) is 0 Å². The molecule has 0 saturated carbocycles. The van der Waals surface area contributed by atoms with Gasteiger partial charge in [0.05, 0.1) is 6.61 Å². The Bertz CT molecular complexity index is 588. The molecule has 0 spiro atoms. The predicted octanol–water partition coefficient (Wildman–Crippen LogP) is 3.74. The normalized spacial score (nSPS) is 10.5. The predicted molar refractivity (Wildman–Crippen MR) is 83.9 cm³/mol. The second-order valence-corrected chi connectivity index (χ2v) is 5.02. The van der Waals surface area contributed by atoms with Crippen molar-refractivity contribution >= 4 is 0 Å². The Labute approximate surface area is 125 Å². The van der Waals surface area contributed by atoms with Gasteiger partial charge in [-0.15, -0.1) is 0 Å². The SMILES string of the molecule is CCCOc1cccnc1Oc1c(C)cc(CN)cc1C. The summed E-state index contributed by atoms with van der Waals surface area (Å²) in [6, 6.07) is 7.79. The molecule has 0 bridgehead atoms. The number of benzene rings is 1. The van der Waals surface area contributed by atoms with Crippen LogP contribution in [0.2, 0.25) is 0 Å². The van der Waals surface area contributed by atoms with Crippen LogP contribution in [0.25, 0.3) is 0 Å². The number of hydrogen-bond donors (Lipinski definition) is 1. The first-order valence-corrected chi connectivity index (χ1v) is 7.21. The molecule has 0 radical (unpaired) electrons. The van der Waals surface area contributed by atoms with E-state index in [0.29, 0.717) is 24.8 Å². The number of hydrogen-bond acceptors (Lipinski definition) is 4. The third-order valence-electron chi connectivity index (χ3n) is 3.15. The summed E-state index contributed by atoms with van der Waals surface area (Å²) in [5.41, 5.74) is 8.88. The first-order valence-electron chi connectivity index (χ1n) is 7.21. The van der Waals surface area contributed by atoms with Gasteiger partial charge in [0.1, 0.15) is 5.75 Å². The van der Waals surface area contributed by atoms with Crippen molar-refractivity contribution < 1.29 is 9.47 Å². The highest BCUT2D eigenvalue weighted by molar-refractivity contribution is 5.47. The van der Waals surface area contributed by atoms with Gasteiger partial charge >= 0.3 is 0 Å². The molecule has 0 saturated heterocycles. The third kappa shape index (κ3) is 3.73. The van der Waals surface area contributed by atoms with Crippen LogP contribution in [0.5, 0.6) is 17.4 Å². The number of aryl methyl sites for hydroxylation is 2. The molecule has 2 aromatic rings. The topological polar surface area (TPSA) is 57.4 Å². The van der Waals surface area contributed by atoms with Crippen LogP contribution >= 0.6 is 0 Å². The van der Waals surface area contributed by atoms with Gasteiger partial charge in [-0.1, -0.05) is 19.1 Å². The highest BCUT2D eigenvalue weighted by Gasteiger charge is 2.12. The quantitative estimate of drug-likeness (QED) is 0.879. The van der Waals surface area contributed by atoms with E-state index in [4.69, 9.17) is 15.2 Å². The summed E-state index contributed by atoms with van der Waals surface area (Å²) in [6.45, 7) is 7.26.